The molecule has 1 atom stereocenters. The lowest BCUT2D eigenvalue weighted by molar-refractivity contribution is -0.130. The van der Waals surface area contributed by atoms with E-state index in [1.165, 1.54) is 11.8 Å². The molecule has 4 nitrogen and oxygen atoms in total. The summed E-state index contributed by atoms with van der Waals surface area (Å²) in [6.45, 7) is 5.36. The quantitative estimate of drug-likeness (QED) is 0.854. The lowest BCUT2D eigenvalue weighted by Gasteiger charge is -2.29. The molecule has 0 bridgehead atoms. The highest BCUT2D eigenvalue weighted by Crippen LogP contribution is 2.22. The van der Waals surface area contributed by atoms with Gasteiger partial charge in [-0.05, 0) is 19.1 Å². The van der Waals surface area contributed by atoms with Crippen LogP contribution in [0.5, 0.6) is 0 Å². The summed E-state index contributed by atoms with van der Waals surface area (Å²) in [4.78, 5) is 18.3. The van der Waals surface area contributed by atoms with Crippen molar-refractivity contribution in [3.8, 4) is 0 Å². The first-order chi connectivity index (χ1) is 8.27. The molecule has 1 aromatic rings. The molecule has 100 valence electrons. The predicted molar refractivity (Wildman–Crippen MR) is 76.3 cm³/mol. The van der Waals surface area contributed by atoms with Crippen LogP contribution in [-0.2, 0) is 4.79 Å². The van der Waals surface area contributed by atoms with Crippen molar-refractivity contribution in [3.63, 3.8) is 0 Å². The molecule has 1 amide bonds. The van der Waals surface area contributed by atoms with Gasteiger partial charge in [0, 0.05) is 32.4 Å². The van der Waals surface area contributed by atoms with Crippen LogP contribution in [0.3, 0.4) is 0 Å². The number of thioether (sulfide) groups is 1. The van der Waals surface area contributed by atoms with Crippen molar-refractivity contribution >= 4 is 30.1 Å². The molecule has 0 spiro atoms. The van der Waals surface area contributed by atoms with Crippen molar-refractivity contribution in [1.82, 2.24) is 15.2 Å². The number of hydrogen-bond acceptors (Lipinski definition) is 4. The molecule has 0 aromatic carbocycles. The number of piperazine rings is 1. The van der Waals surface area contributed by atoms with Gasteiger partial charge in [0.2, 0.25) is 5.91 Å². The van der Waals surface area contributed by atoms with Gasteiger partial charge in [0.05, 0.1) is 10.3 Å². The highest BCUT2D eigenvalue weighted by Gasteiger charge is 2.22. The Hall–Kier alpha value is -0.780. The van der Waals surface area contributed by atoms with Crippen LogP contribution in [0.15, 0.2) is 29.4 Å². The number of halogens is 1. The number of hydrogen-bond donors (Lipinski definition) is 1. The maximum atomic E-state index is 12.2. The third-order valence-corrected chi connectivity index (χ3v) is 3.75. The van der Waals surface area contributed by atoms with E-state index in [-0.39, 0.29) is 23.6 Å². The summed E-state index contributed by atoms with van der Waals surface area (Å²) >= 11 is 1.52. The van der Waals surface area contributed by atoms with Crippen molar-refractivity contribution in [3.05, 3.63) is 24.4 Å². The van der Waals surface area contributed by atoms with Gasteiger partial charge in [-0.25, -0.2) is 4.98 Å². The van der Waals surface area contributed by atoms with Crippen molar-refractivity contribution in [2.75, 3.05) is 26.2 Å². The number of nitrogens with one attached hydrogen (secondary N) is 1. The number of rotatable bonds is 3. The van der Waals surface area contributed by atoms with Gasteiger partial charge in [0.1, 0.15) is 0 Å². The fraction of sp³-hybridized carbons (Fsp3) is 0.500. The van der Waals surface area contributed by atoms with E-state index in [2.05, 4.69) is 10.3 Å². The fourth-order valence-corrected chi connectivity index (χ4v) is 2.68. The number of carbonyl (C=O) groups excluding carboxylic acids is 1. The third kappa shape index (κ3) is 4.15. The van der Waals surface area contributed by atoms with E-state index in [1.807, 2.05) is 30.0 Å². The Kier molecular flexibility index (Phi) is 6.46. The normalized spacial score (nSPS) is 16.8. The average molecular weight is 288 g/mol. The molecule has 1 saturated heterocycles. The van der Waals surface area contributed by atoms with E-state index in [1.54, 1.807) is 6.20 Å². The number of pyridine rings is 1. The molecule has 1 aliphatic heterocycles. The summed E-state index contributed by atoms with van der Waals surface area (Å²) in [5.74, 6) is 0.210. The minimum Gasteiger partial charge on any atom is -0.339 e. The van der Waals surface area contributed by atoms with Crippen LogP contribution in [0.1, 0.15) is 6.92 Å². The van der Waals surface area contributed by atoms with E-state index in [0.717, 1.165) is 31.2 Å². The Balaban J connectivity index is 0.00000162. The van der Waals surface area contributed by atoms with Crippen molar-refractivity contribution in [1.29, 1.82) is 0 Å². The molecule has 2 rings (SSSR count). The molecule has 0 radical (unpaired) electrons. The van der Waals surface area contributed by atoms with E-state index in [9.17, 15) is 4.79 Å². The van der Waals surface area contributed by atoms with Gasteiger partial charge in [-0.15, -0.1) is 12.4 Å². The highest BCUT2D eigenvalue weighted by molar-refractivity contribution is 8.00. The Morgan fingerprint density at radius 2 is 2.17 bits per heavy atom. The largest absolute Gasteiger partial charge is 0.339 e. The van der Waals surface area contributed by atoms with Crippen molar-refractivity contribution in [2.24, 2.45) is 0 Å². The molecule has 0 aliphatic carbocycles. The molecule has 1 aliphatic rings. The molecular weight excluding hydrogens is 270 g/mol. The zero-order valence-electron chi connectivity index (χ0n) is 10.3. The molecule has 1 fully saturated rings. The van der Waals surface area contributed by atoms with Crippen LogP contribution in [0.2, 0.25) is 0 Å². The van der Waals surface area contributed by atoms with E-state index in [4.69, 9.17) is 0 Å². The molecule has 1 aromatic heterocycles. The second kappa shape index (κ2) is 7.61. The predicted octanol–water partition coefficient (Wildman–Crippen LogP) is 1.42. The Labute approximate surface area is 118 Å². The van der Waals surface area contributed by atoms with Gasteiger partial charge in [0.25, 0.3) is 0 Å². The lowest BCUT2D eigenvalue weighted by atomic mass is 10.3. The van der Waals surface area contributed by atoms with E-state index < -0.39 is 0 Å². The van der Waals surface area contributed by atoms with Crippen LogP contribution in [0.25, 0.3) is 0 Å². The number of nitrogens with zero attached hydrogens (tertiary/aromatic N) is 2. The van der Waals surface area contributed by atoms with Crippen LogP contribution in [0, 0.1) is 0 Å². The molecule has 1 unspecified atom stereocenters. The number of aromatic nitrogens is 1. The monoisotopic (exact) mass is 287 g/mol. The topological polar surface area (TPSA) is 45.2 Å². The summed E-state index contributed by atoms with van der Waals surface area (Å²) in [5.41, 5.74) is 0. The lowest BCUT2D eigenvalue weighted by Crippen LogP contribution is -2.48. The van der Waals surface area contributed by atoms with Gasteiger partial charge in [-0.1, -0.05) is 17.8 Å². The summed E-state index contributed by atoms with van der Waals surface area (Å²) in [6.07, 6.45) is 1.75. The molecule has 18 heavy (non-hydrogen) atoms. The number of carbonyl (C=O) groups is 1. The summed E-state index contributed by atoms with van der Waals surface area (Å²) in [7, 11) is 0. The van der Waals surface area contributed by atoms with Crippen LogP contribution in [-0.4, -0.2) is 47.2 Å². The van der Waals surface area contributed by atoms with Crippen molar-refractivity contribution < 1.29 is 4.79 Å². The van der Waals surface area contributed by atoms with Gasteiger partial charge in [-0.2, -0.15) is 0 Å². The summed E-state index contributed by atoms with van der Waals surface area (Å²) in [6, 6.07) is 5.76. The average Bonchev–Trinajstić information content (AvgIpc) is 2.40. The third-order valence-electron chi connectivity index (χ3n) is 2.71. The van der Waals surface area contributed by atoms with Gasteiger partial charge < -0.3 is 10.2 Å². The smallest absolute Gasteiger partial charge is 0.235 e. The first-order valence-corrected chi connectivity index (χ1v) is 6.72. The highest BCUT2D eigenvalue weighted by atomic mass is 35.5. The molecule has 6 heteroatoms. The molecule has 2 heterocycles. The fourth-order valence-electron chi connectivity index (χ4n) is 1.79. The Morgan fingerprint density at radius 1 is 1.44 bits per heavy atom. The molecule has 1 N–H and O–H groups in total. The van der Waals surface area contributed by atoms with Crippen LogP contribution >= 0.6 is 24.2 Å². The minimum absolute atomic E-state index is 0. The first-order valence-electron chi connectivity index (χ1n) is 5.84. The van der Waals surface area contributed by atoms with Crippen LogP contribution < -0.4 is 5.32 Å². The second-order valence-electron chi connectivity index (χ2n) is 4.00. The zero-order valence-corrected chi connectivity index (χ0v) is 12.0. The van der Waals surface area contributed by atoms with E-state index in [0.29, 0.717) is 0 Å². The van der Waals surface area contributed by atoms with E-state index >= 15 is 0 Å². The van der Waals surface area contributed by atoms with Crippen molar-refractivity contribution in [2.45, 2.75) is 17.2 Å². The summed E-state index contributed by atoms with van der Waals surface area (Å²) in [5, 5.41) is 4.08. The minimum atomic E-state index is -0.0667. The SMILES string of the molecule is CC(Sc1ccccn1)C(=O)N1CCNCC1.Cl. The Morgan fingerprint density at radius 3 is 2.78 bits per heavy atom. The number of amides is 1. The van der Waals surface area contributed by atoms with Gasteiger partial charge >= 0.3 is 0 Å². The van der Waals surface area contributed by atoms with Gasteiger partial charge in [-0.3, -0.25) is 4.79 Å². The maximum Gasteiger partial charge on any atom is 0.235 e. The molecular formula is C12H18ClN3OS. The first kappa shape index (κ1) is 15.3. The second-order valence-corrected chi connectivity index (χ2v) is 5.36. The van der Waals surface area contributed by atoms with Crippen LogP contribution in [0.4, 0.5) is 0 Å². The maximum absolute atomic E-state index is 12.2. The Bertz CT molecular complexity index is 371. The van der Waals surface area contributed by atoms with Gasteiger partial charge in [0.15, 0.2) is 0 Å². The standard InChI is InChI=1S/C12H17N3OS.ClH/c1-10(17-11-4-2-3-5-14-11)12(16)15-8-6-13-7-9-15;/h2-5,10,13H,6-9H2,1H3;1H. The zero-order chi connectivity index (χ0) is 12.1. The molecule has 0 saturated carbocycles. The summed E-state index contributed by atoms with van der Waals surface area (Å²) < 4.78 is 0.